The standard InChI is InChI=1S/C25H29N5O4/c1-28-12-6-11-23(30(28)25(32)29-13-15-33-16-14-29)24(31)27-22(18-26)19-7-5-10-21(17-19)34-20-8-3-2-4-9-20/h2-5,7-10,17,22-23H,6,11-16H2,1H3,(H,27,31)/t22?,23-/m0/s1. The summed E-state index contributed by atoms with van der Waals surface area (Å²) in [5, 5.41) is 16.0. The lowest BCUT2D eigenvalue weighted by Gasteiger charge is -2.44. The largest absolute Gasteiger partial charge is 0.457 e. The van der Waals surface area contributed by atoms with E-state index in [1.165, 1.54) is 5.01 Å². The van der Waals surface area contributed by atoms with Gasteiger partial charge in [0.2, 0.25) is 5.91 Å². The van der Waals surface area contributed by atoms with Crippen molar-refractivity contribution in [3.8, 4) is 17.6 Å². The van der Waals surface area contributed by atoms with Crippen LogP contribution < -0.4 is 10.1 Å². The molecule has 9 nitrogen and oxygen atoms in total. The molecule has 0 aromatic heterocycles. The van der Waals surface area contributed by atoms with Crippen molar-refractivity contribution in [1.82, 2.24) is 20.2 Å². The third-order valence-corrected chi connectivity index (χ3v) is 5.99. The molecular formula is C25H29N5O4. The van der Waals surface area contributed by atoms with Crippen LogP contribution in [0.25, 0.3) is 0 Å². The first-order chi connectivity index (χ1) is 16.6. The summed E-state index contributed by atoms with van der Waals surface area (Å²) in [6.45, 7) is 2.63. The van der Waals surface area contributed by atoms with Crippen LogP contribution in [0.2, 0.25) is 0 Å². The fourth-order valence-electron chi connectivity index (χ4n) is 4.21. The molecular weight excluding hydrogens is 434 g/mol. The van der Waals surface area contributed by atoms with E-state index in [4.69, 9.17) is 9.47 Å². The van der Waals surface area contributed by atoms with Crippen molar-refractivity contribution >= 4 is 11.9 Å². The van der Waals surface area contributed by atoms with E-state index in [2.05, 4.69) is 11.4 Å². The number of hydrazine groups is 1. The molecule has 2 atom stereocenters. The van der Waals surface area contributed by atoms with Gasteiger partial charge < -0.3 is 19.7 Å². The lowest BCUT2D eigenvalue weighted by atomic mass is 10.0. The molecule has 0 spiro atoms. The Bertz CT molecular complexity index is 1040. The quantitative estimate of drug-likeness (QED) is 0.732. The fraction of sp³-hybridized carbons (Fsp3) is 0.400. The van der Waals surface area contributed by atoms with Crippen molar-refractivity contribution in [2.24, 2.45) is 0 Å². The lowest BCUT2D eigenvalue weighted by Crippen LogP contribution is -2.63. The molecule has 0 saturated carbocycles. The number of carbonyl (C=O) groups is 2. The van der Waals surface area contributed by atoms with Gasteiger partial charge in [0.25, 0.3) is 0 Å². The Hall–Kier alpha value is -3.61. The number of nitrogens with one attached hydrogen (secondary N) is 1. The van der Waals surface area contributed by atoms with Crippen molar-refractivity contribution < 1.29 is 19.1 Å². The van der Waals surface area contributed by atoms with Crippen LogP contribution in [-0.4, -0.2) is 72.8 Å². The van der Waals surface area contributed by atoms with E-state index >= 15 is 0 Å². The van der Waals surface area contributed by atoms with E-state index in [9.17, 15) is 14.9 Å². The molecule has 3 amide bonds. The number of urea groups is 1. The topological polar surface area (TPSA) is 98.1 Å². The second-order valence-corrected chi connectivity index (χ2v) is 8.32. The highest BCUT2D eigenvalue weighted by Gasteiger charge is 2.39. The number of hydrogen-bond acceptors (Lipinski definition) is 6. The summed E-state index contributed by atoms with van der Waals surface area (Å²) >= 11 is 0. The van der Waals surface area contributed by atoms with Gasteiger partial charge in [-0.05, 0) is 42.7 Å². The van der Waals surface area contributed by atoms with Crippen molar-refractivity contribution in [2.45, 2.75) is 24.9 Å². The molecule has 178 valence electrons. The van der Waals surface area contributed by atoms with Crippen LogP contribution in [0.15, 0.2) is 54.6 Å². The summed E-state index contributed by atoms with van der Waals surface area (Å²) in [4.78, 5) is 28.2. The number of nitrogens with zero attached hydrogens (tertiary/aromatic N) is 4. The maximum Gasteiger partial charge on any atom is 0.335 e. The number of amides is 3. The van der Waals surface area contributed by atoms with E-state index in [1.807, 2.05) is 37.4 Å². The zero-order chi connectivity index (χ0) is 23.9. The van der Waals surface area contributed by atoms with Crippen LogP contribution in [0.4, 0.5) is 4.79 Å². The smallest absolute Gasteiger partial charge is 0.335 e. The van der Waals surface area contributed by atoms with Crippen LogP contribution in [0.3, 0.4) is 0 Å². The molecule has 2 aromatic carbocycles. The predicted octanol–water partition coefficient (Wildman–Crippen LogP) is 2.92. The minimum absolute atomic E-state index is 0.211. The maximum atomic E-state index is 13.3. The molecule has 0 aliphatic carbocycles. The van der Waals surface area contributed by atoms with E-state index in [0.717, 1.165) is 6.42 Å². The van der Waals surface area contributed by atoms with Gasteiger partial charge in [-0.15, -0.1) is 0 Å². The second-order valence-electron chi connectivity index (χ2n) is 8.32. The number of morpholine rings is 1. The number of rotatable bonds is 5. The maximum absolute atomic E-state index is 13.3. The Kier molecular flexibility index (Phi) is 7.62. The van der Waals surface area contributed by atoms with Gasteiger partial charge in [-0.25, -0.2) is 14.8 Å². The van der Waals surface area contributed by atoms with Gasteiger partial charge in [0, 0.05) is 26.7 Å². The van der Waals surface area contributed by atoms with E-state index in [1.54, 1.807) is 34.2 Å². The van der Waals surface area contributed by atoms with Gasteiger partial charge >= 0.3 is 6.03 Å². The Morgan fingerprint density at radius 2 is 1.82 bits per heavy atom. The van der Waals surface area contributed by atoms with E-state index < -0.39 is 12.1 Å². The highest BCUT2D eigenvalue weighted by Crippen LogP contribution is 2.25. The van der Waals surface area contributed by atoms with E-state index in [-0.39, 0.29) is 11.9 Å². The van der Waals surface area contributed by atoms with Crippen molar-refractivity contribution in [3.63, 3.8) is 0 Å². The number of carbonyl (C=O) groups excluding carboxylic acids is 2. The third kappa shape index (κ3) is 5.47. The Morgan fingerprint density at radius 3 is 2.56 bits per heavy atom. The summed E-state index contributed by atoms with van der Waals surface area (Å²) in [7, 11) is 1.81. The molecule has 2 fully saturated rings. The van der Waals surface area contributed by atoms with Gasteiger partial charge in [0.1, 0.15) is 23.6 Å². The van der Waals surface area contributed by atoms with Crippen LogP contribution in [0.5, 0.6) is 11.5 Å². The average molecular weight is 464 g/mol. The molecule has 34 heavy (non-hydrogen) atoms. The zero-order valence-electron chi connectivity index (χ0n) is 19.2. The average Bonchev–Trinajstić information content (AvgIpc) is 2.88. The Morgan fingerprint density at radius 1 is 1.09 bits per heavy atom. The van der Waals surface area contributed by atoms with Gasteiger partial charge in [-0.1, -0.05) is 30.3 Å². The first kappa shape index (κ1) is 23.5. The van der Waals surface area contributed by atoms with Crippen molar-refractivity contribution in [1.29, 1.82) is 5.26 Å². The van der Waals surface area contributed by atoms with Crippen LogP contribution in [-0.2, 0) is 9.53 Å². The molecule has 9 heteroatoms. The Balaban J connectivity index is 1.47. The third-order valence-electron chi connectivity index (χ3n) is 5.99. The molecule has 2 aromatic rings. The normalized spacial score (nSPS) is 19.7. The lowest BCUT2D eigenvalue weighted by molar-refractivity contribution is -0.136. The molecule has 1 N–H and O–H groups in total. The molecule has 2 aliphatic rings. The monoisotopic (exact) mass is 463 g/mol. The Labute approximate surface area is 199 Å². The fourth-order valence-corrected chi connectivity index (χ4v) is 4.21. The van der Waals surface area contributed by atoms with Gasteiger partial charge in [-0.2, -0.15) is 5.26 Å². The first-order valence-electron chi connectivity index (χ1n) is 11.5. The number of benzene rings is 2. The summed E-state index contributed by atoms with van der Waals surface area (Å²) in [5.41, 5.74) is 0.611. The molecule has 0 radical (unpaired) electrons. The number of para-hydroxylation sites is 1. The minimum Gasteiger partial charge on any atom is -0.457 e. The number of hydrogen-bond donors (Lipinski definition) is 1. The highest BCUT2D eigenvalue weighted by atomic mass is 16.5. The van der Waals surface area contributed by atoms with Gasteiger partial charge in [0.15, 0.2) is 0 Å². The number of nitriles is 1. The van der Waals surface area contributed by atoms with Crippen LogP contribution >= 0.6 is 0 Å². The summed E-state index contributed by atoms with van der Waals surface area (Å²) in [6, 6.07) is 16.8. The SMILES string of the molecule is CN1CCC[C@@H](C(=O)NC(C#N)c2cccc(Oc3ccccc3)c2)N1C(=O)N1CCOCC1. The molecule has 2 heterocycles. The molecule has 0 bridgehead atoms. The first-order valence-corrected chi connectivity index (χ1v) is 11.5. The summed E-state index contributed by atoms with van der Waals surface area (Å²) in [6.07, 6.45) is 1.31. The zero-order valence-corrected chi connectivity index (χ0v) is 19.2. The molecule has 2 aliphatic heterocycles. The van der Waals surface area contributed by atoms with Crippen LogP contribution in [0.1, 0.15) is 24.4 Å². The van der Waals surface area contributed by atoms with Gasteiger partial charge in [0.05, 0.1) is 19.3 Å². The van der Waals surface area contributed by atoms with Crippen molar-refractivity contribution in [2.75, 3.05) is 39.9 Å². The molecule has 1 unspecified atom stereocenters. The predicted molar refractivity (Wildman–Crippen MR) is 125 cm³/mol. The summed E-state index contributed by atoms with van der Waals surface area (Å²) in [5.74, 6) is 0.897. The molecule has 2 saturated heterocycles. The number of ether oxygens (including phenoxy) is 2. The van der Waals surface area contributed by atoms with Crippen LogP contribution in [0, 0.1) is 11.3 Å². The van der Waals surface area contributed by atoms with E-state index in [0.29, 0.717) is 56.3 Å². The summed E-state index contributed by atoms with van der Waals surface area (Å²) < 4.78 is 11.2. The second kappa shape index (κ2) is 11.0. The highest BCUT2D eigenvalue weighted by molar-refractivity contribution is 5.87. The molecule has 4 rings (SSSR count). The van der Waals surface area contributed by atoms with Crippen molar-refractivity contribution in [3.05, 3.63) is 60.2 Å². The van der Waals surface area contributed by atoms with Gasteiger partial charge in [-0.3, -0.25) is 4.79 Å². The minimum atomic E-state index is -0.876.